The molecule has 6 N–H and O–H groups in total. The van der Waals surface area contributed by atoms with Gasteiger partial charge in [-0.2, -0.15) is 0 Å². The summed E-state index contributed by atoms with van der Waals surface area (Å²) in [6.45, 7) is 0.234. The molecule has 3 aromatic rings. The summed E-state index contributed by atoms with van der Waals surface area (Å²) in [6.07, 6.45) is 5.64. The van der Waals surface area contributed by atoms with Crippen molar-refractivity contribution < 1.29 is 19.2 Å². The van der Waals surface area contributed by atoms with Gasteiger partial charge in [0.25, 0.3) is 17.7 Å². The summed E-state index contributed by atoms with van der Waals surface area (Å²) < 4.78 is 4.67. The fourth-order valence-corrected chi connectivity index (χ4v) is 3.39. The summed E-state index contributed by atoms with van der Waals surface area (Å²) in [7, 11) is 4.99. The third-order valence-corrected chi connectivity index (χ3v) is 5.07. The number of nitrogens with zero attached hydrogens (tertiary/aromatic N) is 3. The molecular formula is C22H26N8O4. The zero-order valence-corrected chi connectivity index (χ0v) is 19.0. The van der Waals surface area contributed by atoms with Gasteiger partial charge in [0.2, 0.25) is 0 Å². The van der Waals surface area contributed by atoms with Crippen molar-refractivity contribution in [3.8, 4) is 0 Å². The predicted molar refractivity (Wildman–Crippen MR) is 126 cm³/mol. The fourth-order valence-electron chi connectivity index (χ4n) is 3.39. The van der Waals surface area contributed by atoms with Crippen molar-refractivity contribution >= 4 is 41.2 Å². The SMILES string of the molecule is Cn1cc(NC(=O)c2cc(NC(=O)c3cc(C=O)cn3C)cn2C)cc1C(=O)NCCC(=N)N. The van der Waals surface area contributed by atoms with Gasteiger partial charge in [0.1, 0.15) is 17.1 Å². The number of hydrogen-bond acceptors (Lipinski definition) is 5. The summed E-state index contributed by atoms with van der Waals surface area (Å²) in [5.74, 6) is -1.23. The van der Waals surface area contributed by atoms with E-state index in [1.165, 1.54) is 18.2 Å². The standard InChI is InChI=1S/C22H26N8O4/c1-28-9-13(12-31)6-16(28)21(33)26-15-8-18(30(3)11-15)22(34)27-14-7-17(29(2)10-14)20(32)25-5-4-19(23)24/h6-12H,4-5H2,1-3H3,(H3,23,24)(H,25,32)(H,26,33)(H,27,34). The maximum atomic E-state index is 12.8. The molecule has 0 saturated heterocycles. The summed E-state index contributed by atoms with van der Waals surface area (Å²) >= 11 is 0. The fraction of sp³-hybridized carbons (Fsp3) is 0.227. The summed E-state index contributed by atoms with van der Waals surface area (Å²) in [6, 6.07) is 4.53. The Bertz CT molecular complexity index is 1280. The topological polar surface area (TPSA) is 169 Å². The first-order valence-electron chi connectivity index (χ1n) is 10.3. The van der Waals surface area contributed by atoms with Gasteiger partial charge >= 0.3 is 0 Å². The molecule has 0 bridgehead atoms. The number of aldehydes is 1. The van der Waals surface area contributed by atoms with Crippen LogP contribution in [0.1, 0.15) is 48.2 Å². The van der Waals surface area contributed by atoms with E-state index in [1.54, 1.807) is 53.4 Å². The highest BCUT2D eigenvalue weighted by atomic mass is 16.2. The Labute approximate surface area is 195 Å². The molecule has 178 valence electrons. The van der Waals surface area contributed by atoms with Crippen molar-refractivity contribution in [3.05, 3.63) is 59.4 Å². The number of hydrogen-bond donors (Lipinski definition) is 5. The third-order valence-electron chi connectivity index (χ3n) is 5.07. The molecule has 0 spiro atoms. The lowest BCUT2D eigenvalue weighted by molar-refractivity contribution is 0.0944. The Morgan fingerprint density at radius 2 is 1.32 bits per heavy atom. The van der Waals surface area contributed by atoms with E-state index in [2.05, 4.69) is 16.0 Å². The molecule has 0 fully saturated rings. The number of nitrogens with one attached hydrogen (secondary N) is 4. The Hall–Kier alpha value is -4.61. The van der Waals surface area contributed by atoms with Crippen LogP contribution in [0.15, 0.2) is 36.8 Å². The number of rotatable bonds is 9. The lowest BCUT2D eigenvalue weighted by Gasteiger charge is -2.04. The van der Waals surface area contributed by atoms with Gasteiger partial charge in [0.15, 0.2) is 6.29 Å². The number of amides is 3. The van der Waals surface area contributed by atoms with Crippen LogP contribution >= 0.6 is 0 Å². The van der Waals surface area contributed by atoms with E-state index in [1.807, 2.05) is 0 Å². The quantitative estimate of drug-likeness (QED) is 0.180. The number of aromatic nitrogens is 3. The van der Waals surface area contributed by atoms with Crippen molar-refractivity contribution in [1.29, 1.82) is 5.41 Å². The van der Waals surface area contributed by atoms with Gasteiger partial charge in [-0.1, -0.05) is 0 Å². The Morgan fingerprint density at radius 1 is 0.853 bits per heavy atom. The monoisotopic (exact) mass is 466 g/mol. The average molecular weight is 467 g/mol. The van der Waals surface area contributed by atoms with Crippen LogP contribution in [0.25, 0.3) is 0 Å². The molecule has 3 aromatic heterocycles. The second-order valence-corrected chi connectivity index (χ2v) is 7.78. The highest BCUT2D eigenvalue weighted by Gasteiger charge is 2.18. The molecule has 0 saturated carbocycles. The van der Waals surface area contributed by atoms with Gasteiger partial charge in [-0.15, -0.1) is 0 Å². The number of anilines is 2. The van der Waals surface area contributed by atoms with E-state index in [9.17, 15) is 19.2 Å². The minimum Gasteiger partial charge on any atom is -0.388 e. The zero-order chi connectivity index (χ0) is 25.0. The summed E-state index contributed by atoms with van der Waals surface area (Å²) in [5, 5.41) is 15.3. The van der Waals surface area contributed by atoms with E-state index >= 15 is 0 Å². The average Bonchev–Trinajstić information content (AvgIpc) is 3.43. The van der Waals surface area contributed by atoms with Crippen LogP contribution < -0.4 is 21.7 Å². The number of carbonyl (C=O) groups is 4. The molecule has 12 nitrogen and oxygen atoms in total. The van der Waals surface area contributed by atoms with Crippen LogP contribution in [0, 0.1) is 5.41 Å². The molecule has 34 heavy (non-hydrogen) atoms. The molecule has 0 aromatic carbocycles. The van der Waals surface area contributed by atoms with Crippen LogP contribution in [0.2, 0.25) is 0 Å². The van der Waals surface area contributed by atoms with Gasteiger partial charge in [-0.05, 0) is 18.2 Å². The van der Waals surface area contributed by atoms with Gasteiger partial charge in [0.05, 0.1) is 17.2 Å². The van der Waals surface area contributed by atoms with Crippen molar-refractivity contribution in [2.45, 2.75) is 6.42 Å². The van der Waals surface area contributed by atoms with Gasteiger partial charge in [-0.3, -0.25) is 24.6 Å². The highest BCUT2D eigenvalue weighted by molar-refractivity contribution is 6.07. The van der Waals surface area contributed by atoms with Gasteiger partial charge < -0.3 is 35.4 Å². The van der Waals surface area contributed by atoms with Gasteiger partial charge in [0, 0.05) is 58.3 Å². The second-order valence-electron chi connectivity index (χ2n) is 7.78. The van der Waals surface area contributed by atoms with Gasteiger partial charge in [-0.25, -0.2) is 0 Å². The normalized spacial score (nSPS) is 10.6. The lowest BCUT2D eigenvalue weighted by Crippen LogP contribution is -2.28. The largest absolute Gasteiger partial charge is 0.388 e. The van der Waals surface area contributed by atoms with Crippen molar-refractivity contribution in [3.63, 3.8) is 0 Å². The summed E-state index contributed by atoms with van der Waals surface area (Å²) in [4.78, 5) is 48.6. The first-order chi connectivity index (χ1) is 16.1. The van der Waals surface area contributed by atoms with Crippen LogP contribution in [0.4, 0.5) is 11.4 Å². The molecule has 3 rings (SSSR count). The molecule has 3 heterocycles. The molecule has 0 aliphatic rings. The first kappa shape index (κ1) is 24.0. The minimum atomic E-state index is -0.431. The minimum absolute atomic E-state index is 0.0207. The second kappa shape index (κ2) is 9.90. The maximum Gasteiger partial charge on any atom is 0.272 e. The number of carbonyl (C=O) groups excluding carboxylic acids is 4. The van der Waals surface area contributed by atoms with E-state index in [-0.39, 0.29) is 30.4 Å². The van der Waals surface area contributed by atoms with E-state index < -0.39 is 11.8 Å². The number of aryl methyl sites for hydroxylation is 3. The lowest BCUT2D eigenvalue weighted by atomic mass is 10.3. The first-order valence-corrected chi connectivity index (χ1v) is 10.3. The number of nitrogens with two attached hydrogens (primary N) is 1. The van der Waals surface area contributed by atoms with Crippen molar-refractivity contribution in [2.24, 2.45) is 26.9 Å². The van der Waals surface area contributed by atoms with E-state index in [0.29, 0.717) is 34.6 Å². The smallest absolute Gasteiger partial charge is 0.272 e. The van der Waals surface area contributed by atoms with Crippen LogP contribution in [-0.4, -0.2) is 50.1 Å². The molecular weight excluding hydrogens is 440 g/mol. The van der Waals surface area contributed by atoms with Crippen molar-refractivity contribution in [2.75, 3.05) is 17.2 Å². The Morgan fingerprint density at radius 3 is 1.79 bits per heavy atom. The highest BCUT2D eigenvalue weighted by Crippen LogP contribution is 2.18. The number of amidine groups is 1. The molecule has 0 radical (unpaired) electrons. The predicted octanol–water partition coefficient (Wildman–Crippen LogP) is 1.08. The van der Waals surface area contributed by atoms with Crippen LogP contribution in [-0.2, 0) is 21.1 Å². The van der Waals surface area contributed by atoms with E-state index in [0.717, 1.165) is 0 Å². The Kier molecular flexibility index (Phi) is 7.00. The molecule has 0 atom stereocenters. The Balaban J connectivity index is 1.67. The molecule has 0 aliphatic carbocycles. The maximum absolute atomic E-state index is 12.8. The third kappa shape index (κ3) is 5.41. The zero-order valence-electron chi connectivity index (χ0n) is 19.0. The van der Waals surface area contributed by atoms with Crippen LogP contribution in [0.5, 0.6) is 0 Å². The van der Waals surface area contributed by atoms with Crippen molar-refractivity contribution in [1.82, 2.24) is 19.0 Å². The van der Waals surface area contributed by atoms with Crippen LogP contribution in [0.3, 0.4) is 0 Å². The summed E-state index contributed by atoms with van der Waals surface area (Å²) in [5.41, 5.74) is 7.41. The molecule has 0 unspecified atom stereocenters. The molecule has 3 amide bonds. The molecule has 12 heteroatoms. The molecule has 0 aliphatic heterocycles. The van der Waals surface area contributed by atoms with E-state index in [4.69, 9.17) is 11.1 Å².